The van der Waals surface area contributed by atoms with Crippen molar-refractivity contribution in [2.75, 3.05) is 98.2 Å². The summed E-state index contributed by atoms with van der Waals surface area (Å²) in [6.07, 6.45) is -2.10. The molecule has 2 N–H and O–H groups in total. The van der Waals surface area contributed by atoms with Crippen molar-refractivity contribution >= 4 is 35.8 Å². The highest BCUT2D eigenvalue weighted by Gasteiger charge is 2.45. The Balaban J connectivity index is 2.14. The molecule has 2 rings (SSSR count). The highest BCUT2D eigenvalue weighted by atomic mass is 16.7. The third-order valence-corrected chi connectivity index (χ3v) is 9.68. The maximum absolute atomic E-state index is 13.4. The van der Waals surface area contributed by atoms with E-state index in [1.54, 1.807) is 0 Å². The number of ether oxygens (including phenoxy) is 6. The van der Waals surface area contributed by atoms with Crippen LogP contribution in [0.25, 0.3) is 0 Å². The molecule has 18 nitrogen and oxygen atoms in total. The lowest BCUT2D eigenvalue weighted by atomic mass is 9.83. The lowest BCUT2D eigenvalue weighted by Crippen LogP contribution is -2.55. The second-order valence-corrected chi connectivity index (χ2v) is 18.9. The van der Waals surface area contributed by atoms with E-state index in [-0.39, 0.29) is 67.9 Å². The van der Waals surface area contributed by atoms with Gasteiger partial charge in [-0.25, -0.2) is 0 Å². The van der Waals surface area contributed by atoms with Gasteiger partial charge in [0.05, 0.1) is 32.3 Å². The zero-order valence-electron chi connectivity index (χ0n) is 38.7. The van der Waals surface area contributed by atoms with Gasteiger partial charge in [-0.1, -0.05) is 13.8 Å². The SMILES string of the molecule is CC(=O)OC1OC(CNCCNC(=O)CN2CCN(CC(=O)OC(C)(C)C)CCN(CC(=O)OC(C)(C)C)CCN(CC(=O)OC(C)(C)C)CC2)[C@H](C)[C@H](C)C1OC(C)=O. The van der Waals surface area contributed by atoms with Gasteiger partial charge < -0.3 is 39.1 Å². The zero-order valence-corrected chi connectivity index (χ0v) is 38.7. The van der Waals surface area contributed by atoms with Gasteiger partial charge in [-0.2, -0.15) is 0 Å². The van der Waals surface area contributed by atoms with Crippen molar-refractivity contribution in [1.29, 1.82) is 0 Å². The first-order chi connectivity index (χ1) is 27.7. The minimum absolute atomic E-state index is 0.0299. The van der Waals surface area contributed by atoms with Crippen molar-refractivity contribution in [1.82, 2.24) is 30.2 Å². The Morgan fingerprint density at radius 2 is 0.917 bits per heavy atom. The first kappa shape index (κ1) is 52.7. The maximum atomic E-state index is 13.4. The summed E-state index contributed by atoms with van der Waals surface area (Å²) in [5.74, 6) is -2.51. The molecule has 0 radical (unpaired) electrons. The van der Waals surface area contributed by atoms with Crippen LogP contribution in [0.4, 0.5) is 0 Å². The molecule has 5 atom stereocenters. The van der Waals surface area contributed by atoms with E-state index in [9.17, 15) is 28.8 Å². The van der Waals surface area contributed by atoms with Crippen LogP contribution in [0.5, 0.6) is 0 Å². The summed E-state index contributed by atoms with van der Waals surface area (Å²) in [4.78, 5) is 83.8. The van der Waals surface area contributed by atoms with Crippen LogP contribution in [0.1, 0.15) is 90.0 Å². The summed E-state index contributed by atoms with van der Waals surface area (Å²) in [6, 6.07) is 0. The predicted octanol–water partition coefficient (Wildman–Crippen LogP) is 1.43. The molecule has 2 saturated heterocycles. The van der Waals surface area contributed by atoms with Crippen LogP contribution in [0.3, 0.4) is 0 Å². The molecule has 346 valence electrons. The Labute approximate surface area is 357 Å². The van der Waals surface area contributed by atoms with E-state index in [1.807, 2.05) is 95.8 Å². The Morgan fingerprint density at radius 3 is 1.27 bits per heavy atom. The third kappa shape index (κ3) is 22.4. The molecule has 2 fully saturated rings. The lowest BCUT2D eigenvalue weighted by Gasteiger charge is -2.43. The minimum atomic E-state index is -1.03. The second-order valence-electron chi connectivity index (χ2n) is 18.9. The average Bonchev–Trinajstić information content (AvgIpc) is 3.06. The van der Waals surface area contributed by atoms with Crippen LogP contribution in [0.2, 0.25) is 0 Å². The van der Waals surface area contributed by atoms with Gasteiger partial charge in [0.25, 0.3) is 0 Å². The van der Waals surface area contributed by atoms with Crippen molar-refractivity contribution < 1.29 is 57.2 Å². The van der Waals surface area contributed by atoms with Crippen LogP contribution >= 0.6 is 0 Å². The topological polar surface area (TPSA) is 195 Å². The number of hydrogen-bond acceptors (Lipinski definition) is 17. The Bertz CT molecular complexity index is 1360. The van der Waals surface area contributed by atoms with Gasteiger partial charge >= 0.3 is 29.8 Å². The van der Waals surface area contributed by atoms with Crippen molar-refractivity contribution in [2.24, 2.45) is 11.8 Å². The number of rotatable bonds is 15. The molecule has 0 saturated carbocycles. The molecular formula is C42H76N6O12. The van der Waals surface area contributed by atoms with Gasteiger partial charge in [-0.05, 0) is 68.2 Å². The molecule has 0 aromatic heterocycles. The van der Waals surface area contributed by atoms with Gasteiger partial charge in [-0.15, -0.1) is 0 Å². The van der Waals surface area contributed by atoms with Crippen LogP contribution in [-0.4, -0.2) is 189 Å². The van der Waals surface area contributed by atoms with Crippen molar-refractivity contribution in [3.63, 3.8) is 0 Å². The summed E-state index contributed by atoms with van der Waals surface area (Å²) in [5.41, 5.74) is -1.98. The average molecular weight is 857 g/mol. The number of carbonyl (C=O) groups excluding carboxylic acids is 6. The van der Waals surface area contributed by atoms with Gasteiger partial charge in [0.1, 0.15) is 16.8 Å². The fourth-order valence-electron chi connectivity index (χ4n) is 6.78. The predicted molar refractivity (Wildman–Crippen MR) is 223 cm³/mol. The van der Waals surface area contributed by atoms with Gasteiger partial charge in [0.2, 0.25) is 12.2 Å². The molecule has 0 aromatic carbocycles. The molecular weight excluding hydrogens is 780 g/mol. The minimum Gasteiger partial charge on any atom is -0.459 e. The van der Waals surface area contributed by atoms with E-state index < -0.39 is 41.1 Å². The van der Waals surface area contributed by atoms with Gasteiger partial charge in [-0.3, -0.25) is 48.4 Å². The molecule has 0 aliphatic carbocycles. The number of esters is 5. The smallest absolute Gasteiger partial charge is 0.320 e. The molecule has 3 unspecified atom stereocenters. The van der Waals surface area contributed by atoms with Crippen molar-refractivity contribution in [3.05, 3.63) is 0 Å². The van der Waals surface area contributed by atoms with Crippen molar-refractivity contribution in [2.45, 2.75) is 125 Å². The van der Waals surface area contributed by atoms with E-state index in [4.69, 9.17) is 28.4 Å². The number of hydrogen-bond donors (Lipinski definition) is 2. The molecule has 60 heavy (non-hydrogen) atoms. The van der Waals surface area contributed by atoms with Crippen LogP contribution < -0.4 is 10.6 Å². The van der Waals surface area contributed by atoms with Crippen molar-refractivity contribution in [3.8, 4) is 0 Å². The Morgan fingerprint density at radius 1 is 0.550 bits per heavy atom. The molecule has 1 amide bonds. The Hall–Kier alpha value is -3.42. The monoisotopic (exact) mass is 857 g/mol. The molecule has 2 aliphatic rings. The molecule has 2 aliphatic heterocycles. The highest BCUT2D eigenvalue weighted by Crippen LogP contribution is 2.33. The highest BCUT2D eigenvalue weighted by molar-refractivity contribution is 5.78. The van der Waals surface area contributed by atoms with E-state index in [2.05, 4.69) is 10.6 Å². The first-order valence-electron chi connectivity index (χ1n) is 21.2. The van der Waals surface area contributed by atoms with E-state index in [1.165, 1.54) is 13.8 Å². The number of nitrogens with zero attached hydrogens (tertiary/aromatic N) is 4. The summed E-state index contributed by atoms with van der Waals surface area (Å²) in [5, 5.41) is 6.29. The van der Waals surface area contributed by atoms with Gasteiger partial charge in [0, 0.05) is 91.8 Å². The third-order valence-electron chi connectivity index (χ3n) is 9.68. The lowest BCUT2D eigenvalue weighted by molar-refractivity contribution is -0.265. The van der Waals surface area contributed by atoms with Crippen LogP contribution in [0.15, 0.2) is 0 Å². The normalized spacial score (nSPS) is 23.6. The molecule has 2 heterocycles. The maximum Gasteiger partial charge on any atom is 0.320 e. The fourth-order valence-corrected chi connectivity index (χ4v) is 6.78. The summed E-state index contributed by atoms with van der Waals surface area (Å²) >= 11 is 0. The standard InChI is InChI=1S/C42H76N6O12/c1-29-30(2)38(55-31(3)49)39(56-32(4)50)57-33(29)24-43-14-15-44-34(51)25-45-16-18-46(26-35(52)58-40(5,6)7)20-22-48(28-37(54)60-42(11,12)13)23-21-47(19-17-45)27-36(53)59-41(8,9)10/h29-30,33,38-39,43H,14-28H2,1-13H3,(H,44,51)/t29-,30+,33?,38?,39?/m1/s1. The summed E-state index contributed by atoms with van der Waals surface area (Å²) in [7, 11) is 0. The van der Waals surface area contributed by atoms with E-state index in [0.29, 0.717) is 72.0 Å². The number of nitrogens with one attached hydrogen (secondary N) is 2. The Kier molecular flexibility index (Phi) is 21.3. The summed E-state index contributed by atoms with van der Waals surface area (Å²) in [6.45, 7) is 27.7. The van der Waals surface area contributed by atoms with E-state index >= 15 is 0 Å². The molecule has 0 aromatic rings. The number of amides is 1. The van der Waals surface area contributed by atoms with E-state index in [0.717, 1.165) is 0 Å². The fraction of sp³-hybridized carbons (Fsp3) is 0.857. The first-order valence-corrected chi connectivity index (χ1v) is 21.2. The number of carbonyl (C=O) groups is 6. The summed E-state index contributed by atoms with van der Waals surface area (Å²) < 4.78 is 33.8. The quantitative estimate of drug-likeness (QED) is 0.136. The van der Waals surface area contributed by atoms with Crippen LogP contribution in [0, 0.1) is 11.8 Å². The van der Waals surface area contributed by atoms with Crippen LogP contribution in [-0.2, 0) is 57.2 Å². The molecule has 0 bridgehead atoms. The molecule has 18 heteroatoms. The molecule has 0 spiro atoms. The largest absolute Gasteiger partial charge is 0.459 e. The van der Waals surface area contributed by atoms with Gasteiger partial charge in [0.15, 0.2) is 6.10 Å². The zero-order chi connectivity index (χ0) is 45.4. The second kappa shape index (κ2) is 24.3.